The van der Waals surface area contributed by atoms with Crippen LogP contribution in [0, 0.1) is 18.8 Å². The van der Waals surface area contributed by atoms with Gasteiger partial charge in [-0.25, -0.2) is 4.98 Å². The van der Waals surface area contributed by atoms with Crippen LogP contribution in [0.4, 0.5) is 0 Å². The van der Waals surface area contributed by atoms with Gasteiger partial charge in [-0.2, -0.15) is 0 Å². The second kappa shape index (κ2) is 6.46. The summed E-state index contributed by atoms with van der Waals surface area (Å²) >= 11 is 1.32. The van der Waals surface area contributed by atoms with Crippen LogP contribution in [-0.2, 0) is 11.3 Å². The Morgan fingerprint density at radius 3 is 3.05 bits per heavy atom. The second-order valence-corrected chi connectivity index (χ2v) is 6.58. The summed E-state index contributed by atoms with van der Waals surface area (Å²) in [6, 6.07) is 0. The number of nitrogens with zero attached hydrogens (tertiary/aromatic N) is 2. The number of aryl methyl sites for hydroxylation is 1. The fraction of sp³-hybridized carbons (Fsp3) is 0.714. The number of carboxylic acid groups (broad SMARTS) is 1. The predicted molar refractivity (Wildman–Crippen MR) is 76.4 cm³/mol. The molecule has 2 rings (SSSR count). The third kappa shape index (κ3) is 4.27. The lowest BCUT2D eigenvalue weighted by Gasteiger charge is -2.27. The van der Waals surface area contributed by atoms with Crippen molar-refractivity contribution in [1.82, 2.24) is 9.55 Å². The van der Waals surface area contributed by atoms with Crippen LogP contribution in [0.15, 0.2) is 11.4 Å². The maximum atomic E-state index is 10.7. The molecule has 0 bridgehead atoms. The maximum absolute atomic E-state index is 10.7. The van der Waals surface area contributed by atoms with Gasteiger partial charge in [-0.1, -0.05) is 31.5 Å². The molecule has 1 N–H and O–H groups in total. The molecule has 0 amide bonds. The van der Waals surface area contributed by atoms with E-state index in [-0.39, 0.29) is 5.75 Å². The Morgan fingerprint density at radius 1 is 1.58 bits per heavy atom. The average molecular weight is 282 g/mol. The first kappa shape index (κ1) is 14.4. The van der Waals surface area contributed by atoms with Crippen LogP contribution >= 0.6 is 11.8 Å². The van der Waals surface area contributed by atoms with E-state index in [0.29, 0.717) is 5.92 Å². The molecule has 1 saturated carbocycles. The Bertz CT molecular complexity index is 445. The second-order valence-electron chi connectivity index (χ2n) is 5.64. The Morgan fingerprint density at radius 2 is 2.37 bits per heavy atom. The van der Waals surface area contributed by atoms with Crippen LogP contribution in [0.2, 0.25) is 0 Å². The minimum absolute atomic E-state index is 0.0809. The quantitative estimate of drug-likeness (QED) is 0.843. The normalized spacial score (nSPS) is 23.5. The van der Waals surface area contributed by atoms with Crippen LogP contribution in [0.3, 0.4) is 0 Å². The number of carbonyl (C=O) groups is 1. The van der Waals surface area contributed by atoms with E-state index < -0.39 is 5.97 Å². The van der Waals surface area contributed by atoms with Crippen molar-refractivity contribution in [2.45, 2.75) is 51.2 Å². The molecule has 0 radical (unpaired) electrons. The summed E-state index contributed by atoms with van der Waals surface area (Å²) in [5.41, 5.74) is 0.969. The molecule has 1 aliphatic carbocycles. The third-order valence-corrected chi connectivity index (χ3v) is 4.66. The highest BCUT2D eigenvalue weighted by Gasteiger charge is 2.20. The number of hydrogen-bond acceptors (Lipinski definition) is 3. The van der Waals surface area contributed by atoms with Gasteiger partial charge in [-0.3, -0.25) is 4.79 Å². The molecule has 4 nitrogen and oxygen atoms in total. The van der Waals surface area contributed by atoms with E-state index in [4.69, 9.17) is 5.11 Å². The van der Waals surface area contributed by atoms with Gasteiger partial charge in [-0.05, 0) is 31.6 Å². The Hall–Kier alpha value is -0.970. The lowest BCUT2D eigenvalue weighted by Crippen LogP contribution is -2.18. The topological polar surface area (TPSA) is 55.1 Å². The monoisotopic (exact) mass is 282 g/mol. The van der Waals surface area contributed by atoms with E-state index >= 15 is 0 Å². The van der Waals surface area contributed by atoms with Gasteiger partial charge in [-0.15, -0.1) is 0 Å². The van der Waals surface area contributed by atoms with E-state index in [2.05, 4.69) is 16.5 Å². The van der Waals surface area contributed by atoms with Crippen molar-refractivity contribution in [3.63, 3.8) is 0 Å². The van der Waals surface area contributed by atoms with Gasteiger partial charge in [0.05, 0.1) is 11.4 Å². The first-order chi connectivity index (χ1) is 9.04. The number of hydrogen-bond donors (Lipinski definition) is 1. The molecule has 5 heteroatoms. The molecule has 0 aliphatic heterocycles. The van der Waals surface area contributed by atoms with Crippen molar-refractivity contribution in [1.29, 1.82) is 0 Å². The van der Waals surface area contributed by atoms with Gasteiger partial charge >= 0.3 is 5.97 Å². The number of aromatic nitrogens is 2. The molecule has 0 saturated heterocycles. The largest absolute Gasteiger partial charge is 0.481 e. The fourth-order valence-corrected chi connectivity index (χ4v) is 3.65. The first-order valence-electron chi connectivity index (χ1n) is 6.93. The fourth-order valence-electron chi connectivity index (χ4n) is 2.90. The standard InChI is InChI=1S/C14H22N2O2S/c1-10-4-3-5-12(6-10)8-16-7-11(2)15-14(16)19-9-13(17)18/h7,10,12H,3-6,8-9H2,1-2H3,(H,17,18). The number of rotatable bonds is 5. The van der Waals surface area contributed by atoms with Crippen LogP contribution < -0.4 is 0 Å². The summed E-state index contributed by atoms with van der Waals surface area (Å²) < 4.78 is 2.14. The lowest BCUT2D eigenvalue weighted by molar-refractivity contribution is -0.133. The summed E-state index contributed by atoms with van der Waals surface area (Å²) in [5.74, 6) is 0.820. The smallest absolute Gasteiger partial charge is 0.313 e. The van der Waals surface area contributed by atoms with E-state index in [1.54, 1.807) is 0 Å². The molecule has 2 atom stereocenters. The molecule has 106 valence electrons. The molecule has 1 fully saturated rings. The van der Waals surface area contributed by atoms with Crippen molar-refractivity contribution in [3.8, 4) is 0 Å². The van der Waals surface area contributed by atoms with Crippen LogP contribution in [0.1, 0.15) is 38.3 Å². The molecule has 1 aromatic heterocycles. The number of thioether (sulfide) groups is 1. The summed E-state index contributed by atoms with van der Waals surface area (Å²) in [6.45, 7) is 5.27. The van der Waals surface area contributed by atoms with Gasteiger partial charge in [0, 0.05) is 12.7 Å². The highest BCUT2D eigenvalue weighted by atomic mass is 32.2. The van der Waals surface area contributed by atoms with E-state index in [0.717, 1.165) is 23.3 Å². The Labute approximate surface area is 118 Å². The van der Waals surface area contributed by atoms with Crippen molar-refractivity contribution >= 4 is 17.7 Å². The van der Waals surface area contributed by atoms with Crippen molar-refractivity contribution in [2.24, 2.45) is 11.8 Å². The van der Waals surface area contributed by atoms with Gasteiger partial charge in [0.25, 0.3) is 0 Å². The SMILES string of the molecule is Cc1cn(CC2CCCC(C)C2)c(SCC(=O)O)n1. The zero-order chi connectivity index (χ0) is 13.8. The van der Waals surface area contributed by atoms with Gasteiger partial charge in [0.15, 0.2) is 5.16 Å². The molecule has 1 heterocycles. The Balaban J connectivity index is 2.00. The molecular weight excluding hydrogens is 260 g/mol. The number of carboxylic acids is 1. The van der Waals surface area contributed by atoms with Crippen molar-refractivity contribution in [3.05, 3.63) is 11.9 Å². The molecule has 1 aliphatic rings. The summed E-state index contributed by atoms with van der Waals surface area (Å²) in [7, 11) is 0. The highest BCUT2D eigenvalue weighted by molar-refractivity contribution is 7.99. The highest BCUT2D eigenvalue weighted by Crippen LogP contribution is 2.30. The zero-order valence-corrected chi connectivity index (χ0v) is 12.4. The van der Waals surface area contributed by atoms with E-state index in [1.165, 1.54) is 37.4 Å². The van der Waals surface area contributed by atoms with Crippen LogP contribution in [0.25, 0.3) is 0 Å². The minimum Gasteiger partial charge on any atom is -0.481 e. The average Bonchev–Trinajstić information content (AvgIpc) is 2.67. The van der Waals surface area contributed by atoms with Crippen LogP contribution in [0.5, 0.6) is 0 Å². The Kier molecular flexibility index (Phi) is 4.91. The summed E-state index contributed by atoms with van der Waals surface area (Å²) in [6.07, 6.45) is 7.27. The molecule has 0 spiro atoms. The van der Waals surface area contributed by atoms with Crippen LogP contribution in [-0.4, -0.2) is 26.4 Å². The third-order valence-electron chi connectivity index (χ3n) is 3.69. The molecule has 0 aromatic carbocycles. The molecule has 1 aromatic rings. The van der Waals surface area contributed by atoms with Gasteiger partial charge in [0.2, 0.25) is 0 Å². The first-order valence-corrected chi connectivity index (χ1v) is 7.91. The number of aliphatic carboxylic acids is 1. The minimum atomic E-state index is -0.788. The molecular formula is C14H22N2O2S. The van der Waals surface area contributed by atoms with Gasteiger partial charge < -0.3 is 9.67 Å². The molecule has 2 unspecified atom stereocenters. The number of imidazole rings is 1. The lowest BCUT2D eigenvalue weighted by atomic mass is 9.82. The predicted octanol–water partition coefficient (Wildman–Crippen LogP) is 3.19. The van der Waals surface area contributed by atoms with E-state index in [1.807, 2.05) is 13.1 Å². The van der Waals surface area contributed by atoms with Gasteiger partial charge in [0.1, 0.15) is 0 Å². The summed E-state index contributed by atoms with van der Waals surface area (Å²) in [5, 5.41) is 9.62. The van der Waals surface area contributed by atoms with Crippen molar-refractivity contribution in [2.75, 3.05) is 5.75 Å². The summed E-state index contributed by atoms with van der Waals surface area (Å²) in [4.78, 5) is 15.1. The molecule has 19 heavy (non-hydrogen) atoms. The zero-order valence-electron chi connectivity index (χ0n) is 11.6. The van der Waals surface area contributed by atoms with Crippen molar-refractivity contribution < 1.29 is 9.90 Å². The van der Waals surface area contributed by atoms with E-state index in [9.17, 15) is 4.79 Å². The maximum Gasteiger partial charge on any atom is 0.313 e.